The Labute approximate surface area is 102 Å². The van der Waals surface area contributed by atoms with E-state index in [1.54, 1.807) is 29.4 Å². The zero-order valence-electron chi connectivity index (χ0n) is 9.56. The van der Waals surface area contributed by atoms with Crippen molar-refractivity contribution in [1.82, 2.24) is 19.3 Å². The summed E-state index contributed by atoms with van der Waals surface area (Å²) in [6, 6.07) is 3.00. The molecule has 0 radical (unpaired) electrons. The molecule has 0 bridgehead atoms. The second-order valence-electron chi connectivity index (χ2n) is 3.72. The van der Waals surface area contributed by atoms with Crippen LogP contribution in [0.15, 0.2) is 35.6 Å². The number of aryl methyl sites for hydroxylation is 1. The van der Waals surface area contributed by atoms with Gasteiger partial charge in [0.05, 0.1) is 0 Å². The topological polar surface area (TPSA) is 90.0 Å². The van der Waals surface area contributed by atoms with E-state index in [0.29, 0.717) is 12.2 Å². The van der Waals surface area contributed by atoms with Gasteiger partial charge in [0.25, 0.3) is 5.56 Å². The number of nitrogens with zero attached hydrogens (tertiary/aromatic N) is 4. The Morgan fingerprint density at radius 2 is 2.22 bits per heavy atom. The third-order valence-corrected chi connectivity index (χ3v) is 2.38. The first kappa shape index (κ1) is 12.0. The average molecular weight is 248 g/mol. The fourth-order valence-electron chi connectivity index (χ4n) is 1.51. The number of hydrogen-bond donors (Lipinski definition) is 1. The van der Waals surface area contributed by atoms with E-state index >= 15 is 0 Å². The van der Waals surface area contributed by atoms with Crippen LogP contribution in [0.4, 0.5) is 0 Å². The van der Waals surface area contributed by atoms with E-state index < -0.39 is 5.97 Å². The maximum absolute atomic E-state index is 11.5. The fraction of sp³-hybridized carbons (Fsp3) is 0.273. The molecule has 7 nitrogen and oxygen atoms in total. The second-order valence-corrected chi connectivity index (χ2v) is 3.72. The van der Waals surface area contributed by atoms with Crippen LogP contribution in [0.1, 0.15) is 12.8 Å². The standard InChI is InChI=1S/C11H12N4O3/c16-10-4-3-9(14-7-5-12-8-14)13-15(10)6-1-2-11(17)18/h3-5,7-8H,1-2,6H2,(H,17,18). The smallest absolute Gasteiger partial charge is 0.303 e. The van der Waals surface area contributed by atoms with E-state index in [4.69, 9.17) is 5.11 Å². The van der Waals surface area contributed by atoms with Gasteiger partial charge in [-0.15, -0.1) is 0 Å². The van der Waals surface area contributed by atoms with Crippen molar-refractivity contribution in [3.63, 3.8) is 0 Å². The van der Waals surface area contributed by atoms with Gasteiger partial charge in [0.15, 0.2) is 5.82 Å². The van der Waals surface area contributed by atoms with Gasteiger partial charge in [-0.2, -0.15) is 5.10 Å². The highest BCUT2D eigenvalue weighted by molar-refractivity contribution is 5.66. The molecule has 0 saturated carbocycles. The second kappa shape index (κ2) is 5.26. The van der Waals surface area contributed by atoms with E-state index in [2.05, 4.69) is 10.1 Å². The molecule has 94 valence electrons. The molecule has 0 atom stereocenters. The predicted octanol–water partition coefficient (Wildman–Crippen LogP) is 0.294. The van der Waals surface area contributed by atoms with Crippen molar-refractivity contribution in [2.75, 3.05) is 0 Å². The summed E-state index contributed by atoms with van der Waals surface area (Å²) in [6.07, 6.45) is 5.30. The lowest BCUT2D eigenvalue weighted by molar-refractivity contribution is -0.137. The Kier molecular flexibility index (Phi) is 3.52. The van der Waals surface area contributed by atoms with Crippen LogP contribution in [-0.2, 0) is 11.3 Å². The maximum Gasteiger partial charge on any atom is 0.303 e. The van der Waals surface area contributed by atoms with Crippen molar-refractivity contribution in [1.29, 1.82) is 0 Å². The molecule has 2 rings (SSSR count). The summed E-state index contributed by atoms with van der Waals surface area (Å²) in [7, 11) is 0. The number of carboxylic acid groups (broad SMARTS) is 1. The van der Waals surface area contributed by atoms with Gasteiger partial charge in [0.1, 0.15) is 6.33 Å². The number of hydrogen-bond acceptors (Lipinski definition) is 4. The van der Waals surface area contributed by atoms with Crippen LogP contribution in [0, 0.1) is 0 Å². The summed E-state index contributed by atoms with van der Waals surface area (Å²) < 4.78 is 2.94. The van der Waals surface area contributed by atoms with Gasteiger partial charge in [0, 0.05) is 31.4 Å². The van der Waals surface area contributed by atoms with Crippen LogP contribution in [0.5, 0.6) is 0 Å². The molecule has 0 spiro atoms. The molecule has 2 aromatic heterocycles. The van der Waals surface area contributed by atoms with E-state index in [1.807, 2.05) is 0 Å². The Morgan fingerprint density at radius 1 is 1.39 bits per heavy atom. The highest BCUT2D eigenvalue weighted by Gasteiger charge is 2.03. The molecule has 2 aromatic rings. The minimum absolute atomic E-state index is 0.0173. The maximum atomic E-state index is 11.5. The summed E-state index contributed by atoms with van der Waals surface area (Å²) in [6.45, 7) is 0.285. The van der Waals surface area contributed by atoms with Crippen molar-refractivity contribution in [3.05, 3.63) is 41.2 Å². The summed E-state index contributed by atoms with van der Waals surface area (Å²) in [5.74, 6) is -0.309. The Morgan fingerprint density at radius 3 is 2.89 bits per heavy atom. The summed E-state index contributed by atoms with van der Waals surface area (Å²) in [4.78, 5) is 25.8. The third-order valence-electron chi connectivity index (χ3n) is 2.38. The minimum atomic E-state index is -0.881. The van der Waals surface area contributed by atoms with Crippen molar-refractivity contribution in [3.8, 4) is 5.82 Å². The van der Waals surface area contributed by atoms with Crippen molar-refractivity contribution < 1.29 is 9.90 Å². The summed E-state index contributed by atoms with van der Waals surface area (Å²) in [5.41, 5.74) is -0.246. The number of rotatable bonds is 5. The quantitative estimate of drug-likeness (QED) is 0.821. The van der Waals surface area contributed by atoms with E-state index in [-0.39, 0.29) is 18.5 Å². The molecule has 7 heteroatoms. The molecule has 1 N–H and O–H groups in total. The zero-order chi connectivity index (χ0) is 13.0. The van der Waals surface area contributed by atoms with Gasteiger partial charge in [-0.25, -0.2) is 9.67 Å². The van der Waals surface area contributed by atoms with Crippen LogP contribution in [0.2, 0.25) is 0 Å². The molecule has 0 aliphatic rings. The van der Waals surface area contributed by atoms with Crippen LogP contribution in [0.3, 0.4) is 0 Å². The van der Waals surface area contributed by atoms with Crippen LogP contribution >= 0.6 is 0 Å². The van der Waals surface area contributed by atoms with Gasteiger partial charge in [-0.1, -0.05) is 0 Å². The molecular formula is C11H12N4O3. The van der Waals surface area contributed by atoms with Crippen molar-refractivity contribution >= 4 is 5.97 Å². The zero-order valence-corrected chi connectivity index (χ0v) is 9.56. The number of carbonyl (C=O) groups is 1. The fourth-order valence-corrected chi connectivity index (χ4v) is 1.51. The Hall–Kier alpha value is -2.44. The van der Waals surface area contributed by atoms with Crippen LogP contribution in [-0.4, -0.2) is 30.4 Å². The van der Waals surface area contributed by atoms with Gasteiger partial charge >= 0.3 is 5.97 Å². The lowest BCUT2D eigenvalue weighted by Gasteiger charge is -2.06. The normalized spacial score (nSPS) is 10.4. The van der Waals surface area contributed by atoms with Crippen molar-refractivity contribution in [2.45, 2.75) is 19.4 Å². The molecule has 0 amide bonds. The van der Waals surface area contributed by atoms with E-state index in [9.17, 15) is 9.59 Å². The molecule has 0 saturated heterocycles. The lowest BCUT2D eigenvalue weighted by Crippen LogP contribution is -2.23. The molecule has 0 aliphatic carbocycles. The van der Waals surface area contributed by atoms with E-state index in [0.717, 1.165) is 0 Å². The number of carboxylic acids is 1. The highest BCUT2D eigenvalue weighted by atomic mass is 16.4. The molecule has 0 aromatic carbocycles. The number of aromatic nitrogens is 4. The minimum Gasteiger partial charge on any atom is -0.481 e. The van der Waals surface area contributed by atoms with Crippen LogP contribution < -0.4 is 5.56 Å². The SMILES string of the molecule is O=C(O)CCCn1nc(-n2ccnc2)ccc1=O. The van der Waals surface area contributed by atoms with Gasteiger partial charge in [-0.3, -0.25) is 14.2 Å². The third kappa shape index (κ3) is 2.82. The Balaban J connectivity index is 2.17. The first-order valence-corrected chi connectivity index (χ1v) is 5.45. The van der Waals surface area contributed by atoms with Crippen LogP contribution in [0.25, 0.3) is 5.82 Å². The summed E-state index contributed by atoms with van der Waals surface area (Å²) in [5, 5.41) is 12.7. The molecule has 2 heterocycles. The molecular weight excluding hydrogens is 236 g/mol. The first-order chi connectivity index (χ1) is 8.66. The largest absolute Gasteiger partial charge is 0.481 e. The monoisotopic (exact) mass is 248 g/mol. The summed E-state index contributed by atoms with van der Waals surface area (Å²) >= 11 is 0. The lowest BCUT2D eigenvalue weighted by atomic mass is 10.3. The average Bonchev–Trinajstić information content (AvgIpc) is 2.84. The van der Waals surface area contributed by atoms with Gasteiger partial charge < -0.3 is 5.11 Å². The predicted molar refractivity (Wildman–Crippen MR) is 62.5 cm³/mol. The number of imidazole rings is 1. The molecule has 0 fully saturated rings. The van der Waals surface area contributed by atoms with Gasteiger partial charge in [-0.05, 0) is 12.5 Å². The Bertz CT molecular complexity index is 589. The molecule has 18 heavy (non-hydrogen) atoms. The van der Waals surface area contributed by atoms with Crippen molar-refractivity contribution in [2.24, 2.45) is 0 Å². The number of aliphatic carboxylic acids is 1. The van der Waals surface area contributed by atoms with Gasteiger partial charge in [0.2, 0.25) is 0 Å². The van der Waals surface area contributed by atoms with E-state index in [1.165, 1.54) is 10.7 Å². The highest BCUT2D eigenvalue weighted by Crippen LogP contribution is 2.00. The molecule has 0 unspecified atom stereocenters. The first-order valence-electron chi connectivity index (χ1n) is 5.45. The molecule has 0 aliphatic heterocycles.